The van der Waals surface area contributed by atoms with E-state index in [9.17, 15) is 13.2 Å². The molecule has 1 aromatic rings. The monoisotopic (exact) mass is 324 g/mol. The molecule has 0 radical (unpaired) electrons. The number of amides is 1. The molecule has 22 heavy (non-hydrogen) atoms. The van der Waals surface area contributed by atoms with Crippen LogP contribution in [0, 0.1) is 12.8 Å². The van der Waals surface area contributed by atoms with Crippen molar-refractivity contribution in [2.45, 2.75) is 38.0 Å². The van der Waals surface area contributed by atoms with E-state index in [4.69, 9.17) is 0 Å². The summed E-state index contributed by atoms with van der Waals surface area (Å²) in [6.07, 6.45) is 2.38. The average Bonchev–Trinajstić information content (AvgIpc) is 2.53. The first kappa shape index (κ1) is 17.0. The van der Waals surface area contributed by atoms with Gasteiger partial charge in [0, 0.05) is 26.1 Å². The second kappa shape index (κ2) is 7.24. The molecule has 0 saturated carbocycles. The number of hydrogen-bond acceptors (Lipinski definition) is 3. The highest BCUT2D eigenvalue weighted by atomic mass is 32.2. The number of carbonyl (C=O) groups is 1. The third-order valence-corrected chi connectivity index (χ3v) is 5.51. The van der Waals surface area contributed by atoms with Crippen LogP contribution in [0.4, 0.5) is 0 Å². The number of hydrogen-bond donors (Lipinski definition) is 1. The fourth-order valence-corrected chi connectivity index (χ4v) is 3.83. The maximum absolute atomic E-state index is 12.3. The van der Waals surface area contributed by atoms with E-state index < -0.39 is 10.0 Å². The number of aryl methyl sites for hydroxylation is 1. The van der Waals surface area contributed by atoms with Crippen molar-refractivity contribution in [3.8, 4) is 0 Å². The van der Waals surface area contributed by atoms with E-state index in [1.807, 2.05) is 18.7 Å². The lowest BCUT2D eigenvalue weighted by molar-refractivity contribution is -0.132. The van der Waals surface area contributed by atoms with Gasteiger partial charge in [0.25, 0.3) is 0 Å². The minimum atomic E-state index is -3.47. The molecule has 1 N–H and O–H groups in total. The Labute approximate surface area is 132 Å². The van der Waals surface area contributed by atoms with Crippen LogP contribution in [0.3, 0.4) is 0 Å². The van der Waals surface area contributed by atoms with Crippen LogP contribution in [-0.2, 0) is 14.8 Å². The topological polar surface area (TPSA) is 66.5 Å². The summed E-state index contributed by atoms with van der Waals surface area (Å²) in [6, 6.07) is 6.81. The number of benzene rings is 1. The van der Waals surface area contributed by atoms with Gasteiger partial charge in [0.1, 0.15) is 0 Å². The molecule has 1 unspecified atom stereocenters. The number of rotatable bonds is 5. The van der Waals surface area contributed by atoms with Gasteiger partial charge < -0.3 is 4.90 Å². The Balaban J connectivity index is 1.94. The van der Waals surface area contributed by atoms with Gasteiger partial charge in [-0.15, -0.1) is 0 Å². The molecule has 1 amide bonds. The third kappa shape index (κ3) is 4.30. The maximum Gasteiger partial charge on any atom is 0.240 e. The van der Waals surface area contributed by atoms with Gasteiger partial charge >= 0.3 is 0 Å². The van der Waals surface area contributed by atoms with Gasteiger partial charge in [-0.25, -0.2) is 13.1 Å². The van der Waals surface area contributed by atoms with E-state index in [-0.39, 0.29) is 16.7 Å². The van der Waals surface area contributed by atoms with Gasteiger partial charge in [-0.2, -0.15) is 0 Å². The molecular weight excluding hydrogens is 300 g/mol. The van der Waals surface area contributed by atoms with E-state index in [1.165, 1.54) is 0 Å². The van der Waals surface area contributed by atoms with Gasteiger partial charge in [0.05, 0.1) is 4.90 Å². The number of likely N-dealkylation sites (tertiary alicyclic amines) is 1. The molecule has 1 fully saturated rings. The summed E-state index contributed by atoms with van der Waals surface area (Å²) < 4.78 is 27.2. The lowest BCUT2D eigenvalue weighted by Crippen LogP contribution is -2.43. The molecule has 122 valence electrons. The fourth-order valence-electron chi connectivity index (χ4n) is 2.71. The normalized spacial score (nSPS) is 19.2. The minimum Gasteiger partial charge on any atom is -0.342 e. The zero-order chi connectivity index (χ0) is 16.2. The van der Waals surface area contributed by atoms with Crippen molar-refractivity contribution in [2.75, 3.05) is 19.6 Å². The van der Waals surface area contributed by atoms with E-state index in [0.29, 0.717) is 19.5 Å². The lowest BCUT2D eigenvalue weighted by atomic mass is 9.98. The zero-order valence-electron chi connectivity index (χ0n) is 13.2. The molecule has 0 aromatic heterocycles. The van der Waals surface area contributed by atoms with Crippen LogP contribution < -0.4 is 4.72 Å². The summed E-state index contributed by atoms with van der Waals surface area (Å²) in [7, 11) is -3.47. The Bertz CT molecular complexity index is 611. The highest BCUT2D eigenvalue weighted by molar-refractivity contribution is 7.89. The van der Waals surface area contributed by atoms with Crippen molar-refractivity contribution >= 4 is 15.9 Å². The van der Waals surface area contributed by atoms with Gasteiger partial charge in [-0.05, 0) is 37.8 Å². The molecule has 0 spiro atoms. The lowest BCUT2D eigenvalue weighted by Gasteiger charge is -2.32. The van der Waals surface area contributed by atoms with Gasteiger partial charge in [-0.1, -0.05) is 24.6 Å². The summed E-state index contributed by atoms with van der Waals surface area (Å²) in [6.45, 7) is 5.58. The number of nitrogens with zero attached hydrogens (tertiary/aromatic N) is 1. The number of sulfonamides is 1. The van der Waals surface area contributed by atoms with Crippen LogP contribution in [0.5, 0.6) is 0 Å². The molecule has 0 bridgehead atoms. The van der Waals surface area contributed by atoms with Crippen LogP contribution >= 0.6 is 0 Å². The van der Waals surface area contributed by atoms with Crippen LogP contribution in [0.15, 0.2) is 29.2 Å². The average molecular weight is 324 g/mol. The molecule has 2 rings (SSSR count). The van der Waals surface area contributed by atoms with Crippen LogP contribution in [0.2, 0.25) is 0 Å². The van der Waals surface area contributed by atoms with E-state index in [0.717, 1.165) is 24.9 Å². The highest BCUT2D eigenvalue weighted by Gasteiger charge is 2.24. The van der Waals surface area contributed by atoms with Crippen LogP contribution in [0.25, 0.3) is 0 Å². The molecule has 5 nitrogen and oxygen atoms in total. The zero-order valence-corrected chi connectivity index (χ0v) is 14.0. The fraction of sp³-hybridized carbons (Fsp3) is 0.562. The van der Waals surface area contributed by atoms with Crippen molar-refractivity contribution < 1.29 is 13.2 Å². The molecule has 0 aliphatic carbocycles. The molecule has 1 aliphatic rings. The molecule has 1 heterocycles. The molecule has 1 atom stereocenters. The Morgan fingerprint density at radius 3 is 2.64 bits per heavy atom. The van der Waals surface area contributed by atoms with E-state index >= 15 is 0 Å². The van der Waals surface area contributed by atoms with Crippen molar-refractivity contribution in [3.63, 3.8) is 0 Å². The molecule has 1 saturated heterocycles. The van der Waals surface area contributed by atoms with Crippen molar-refractivity contribution in [1.29, 1.82) is 0 Å². The van der Waals surface area contributed by atoms with Crippen LogP contribution in [0.1, 0.15) is 31.7 Å². The Morgan fingerprint density at radius 2 is 2.00 bits per heavy atom. The quantitative estimate of drug-likeness (QED) is 0.900. The first-order valence-corrected chi connectivity index (χ1v) is 9.25. The summed E-state index contributed by atoms with van der Waals surface area (Å²) in [4.78, 5) is 13.9. The Hall–Kier alpha value is -1.40. The largest absolute Gasteiger partial charge is 0.342 e. The number of carbonyl (C=O) groups excluding carboxylic acids is 1. The maximum atomic E-state index is 12.3. The van der Waals surface area contributed by atoms with E-state index in [2.05, 4.69) is 4.72 Å². The van der Waals surface area contributed by atoms with Crippen LogP contribution in [-0.4, -0.2) is 38.9 Å². The molecule has 6 heteroatoms. The number of nitrogens with one attached hydrogen (secondary N) is 1. The minimum absolute atomic E-state index is 0.145. The predicted molar refractivity (Wildman–Crippen MR) is 86.0 cm³/mol. The van der Waals surface area contributed by atoms with Gasteiger partial charge in [-0.3, -0.25) is 4.79 Å². The van der Waals surface area contributed by atoms with Crippen molar-refractivity contribution in [1.82, 2.24) is 9.62 Å². The summed E-state index contributed by atoms with van der Waals surface area (Å²) >= 11 is 0. The third-order valence-electron chi connectivity index (χ3n) is 4.07. The summed E-state index contributed by atoms with van der Waals surface area (Å²) in [5, 5.41) is 0. The molecular formula is C16H24N2O3S. The molecule has 1 aliphatic heterocycles. The smallest absolute Gasteiger partial charge is 0.240 e. The standard InChI is InChI=1S/C16H24N2O3S/c1-3-16(19)18-10-4-5-14(12-18)11-17-22(20,21)15-8-6-13(2)7-9-15/h6-9,14,17H,3-5,10-12H2,1-2H3. The number of piperidine rings is 1. The van der Waals surface area contributed by atoms with Crippen molar-refractivity contribution in [2.24, 2.45) is 5.92 Å². The second-order valence-corrected chi connectivity index (χ2v) is 7.63. The first-order chi connectivity index (χ1) is 10.4. The van der Waals surface area contributed by atoms with Gasteiger partial charge in [0.15, 0.2) is 0 Å². The SMILES string of the molecule is CCC(=O)N1CCCC(CNS(=O)(=O)c2ccc(C)cc2)C1. The van der Waals surface area contributed by atoms with E-state index in [1.54, 1.807) is 24.3 Å². The molecule has 1 aromatic carbocycles. The first-order valence-electron chi connectivity index (χ1n) is 7.76. The van der Waals surface area contributed by atoms with Gasteiger partial charge in [0.2, 0.25) is 15.9 Å². The van der Waals surface area contributed by atoms with Crippen molar-refractivity contribution in [3.05, 3.63) is 29.8 Å². The predicted octanol–water partition coefficient (Wildman–Crippen LogP) is 1.92. The highest BCUT2D eigenvalue weighted by Crippen LogP contribution is 2.18. The Morgan fingerprint density at radius 1 is 1.32 bits per heavy atom. The summed E-state index contributed by atoms with van der Waals surface area (Å²) in [5.41, 5.74) is 1.03. The summed E-state index contributed by atoms with van der Waals surface area (Å²) in [5.74, 6) is 0.329. The second-order valence-electron chi connectivity index (χ2n) is 5.87. The Kier molecular flexibility index (Phi) is 5.58.